The van der Waals surface area contributed by atoms with Crippen molar-refractivity contribution in [3.63, 3.8) is 0 Å². The van der Waals surface area contributed by atoms with Crippen LogP contribution in [0.1, 0.15) is 22.7 Å². The van der Waals surface area contributed by atoms with Gasteiger partial charge in [0.05, 0.1) is 11.0 Å². The van der Waals surface area contributed by atoms with E-state index in [1.165, 1.54) is 0 Å². The monoisotopic (exact) mass is 300 g/mol. The Labute approximate surface area is 125 Å². The van der Waals surface area contributed by atoms with Gasteiger partial charge in [-0.1, -0.05) is 42.5 Å². The maximum atomic E-state index is 12.5. The third kappa shape index (κ3) is 3.48. The largest absolute Gasteiger partial charge is 0.242 e. The second-order valence-electron chi connectivity index (χ2n) is 4.86. The van der Waals surface area contributed by atoms with E-state index in [0.29, 0.717) is 11.1 Å². The lowest BCUT2D eigenvalue weighted by atomic mass is 10.1. The van der Waals surface area contributed by atoms with E-state index in [1.807, 2.05) is 25.1 Å². The Morgan fingerprint density at radius 3 is 2.38 bits per heavy atom. The summed E-state index contributed by atoms with van der Waals surface area (Å²) in [6.45, 7) is 3.56. The van der Waals surface area contributed by atoms with Crippen LogP contribution in [0, 0.1) is 25.2 Å². The molecule has 0 fully saturated rings. The van der Waals surface area contributed by atoms with Gasteiger partial charge in [0.15, 0.2) is 0 Å². The van der Waals surface area contributed by atoms with Gasteiger partial charge in [-0.05, 0) is 36.6 Å². The van der Waals surface area contributed by atoms with Crippen LogP contribution in [0.15, 0.2) is 53.4 Å². The van der Waals surface area contributed by atoms with Gasteiger partial charge in [0.25, 0.3) is 0 Å². The molecule has 1 unspecified atom stereocenters. The summed E-state index contributed by atoms with van der Waals surface area (Å²) in [5, 5.41) is 9.24. The predicted octanol–water partition coefficient (Wildman–Crippen LogP) is 2.85. The topological polar surface area (TPSA) is 70.0 Å². The van der Waals surface area contributed by atoms with Crippen LogP contribution in [0.3, 0.4) is 0 Å². The van der Waals surface area contributed by atoms with E-state index in [0.717, 1.165) is 5.56 Å². The highest BCUT2D eigenvalue weighted by molar-refractivity contribution is 7.89. The van der Waals surface area contributed by atoms with Gasteiger partial charge >= 0.3 is 0 Å². The van der Waals surface area contributed by atoms with Crippen molar-refractivity contribution in [2.24, 2.45) is 0 Å². The van der Waals surface area contributed by atoms with Gasteiger partial charge in [0, 0.05) is 0 Å². The average Bonchev–Trinajstić information content (AvgIpc) is 2.48. The lowest BCUT2D eigenvalue weighted by molar-refractivity contribution is 0.574. The third-order valence-electron chi connectivity index (χ3n) is 3.17. The van der Waals surface area contributed by atoms with E-state index in [2.05, 4.69) is 4.72 Å². The van der Waals surface area contributed by atoms with Crippen LogP contribution < -0.4 is 4.72 Å². The number of hydrogen-bond acceptors (Lipinski definition) is 3. The second-order valence-corrected chi connectivity index (χ2v) is 6.55. The van der Waals surface area contributed by atoms with Gasteiger partial charge in [0.1, 0.15) is 6.04 Å². The van der Waals surface area contributed by atoms with Crippen LogP contribution >= 0.6 is 0 Å². The van der Waals surface area contributed by atoms with Gasteiger partial charge in [-0.2, -0.15) is 9.98 Å². The molecule has 108 valence electrons. The molecule has 2 aromatic carbocycles. The van der Waals surface area contributed by atoms with Gasteiger partial charge in [-0.25, -0.2) is 8.42 Å². The Morgan fingerprint density at radius 1 is 1.10 bits per heavy atom. The zero-order chi connectivity index (χ0) is 15.5. The Hall–Kier alpha value is -2.16. The predicted molar refractivity (Wildman–Crippen MR) is 81.0 cm³/mol. The molecule has 0 radical (unpaired) electrons. The fraction of sp³-hybridized carbons (Fsp3) is 0.188. The van der Waals surface area contributed by atoms with Crippen molar-refractivity contribution in [3.8, 4) is 6.07 Å². The van der Waals surface area contributed by atoms with Crippen molar-refractivity contribution in [2.45, 2.75) is 24.8 Å². The first-order valence-electron chi connectivity index (χ1n) is 6.48. The number of benzene rings is 2. The minimum Gasteiger partial charge on any atom is -0.207 e. The molecule has 0 amide bonds. The molecule has 0 aliphatic heterocycles. The SMILES string of the molecule is Cc1ccc(C)c(S(=O)(=O)NC(C#N)c2ccccc2)c1. The summed E-state index contributed by atoms with van der Waals surface area (Å²) in [6.07, 6.45) is 0. The molecule has 5 heteroatoms. The molecular weight excluding hydrogens is 284 g/mol. The number of sulfonamides is 1. The van der Waals surface area contributed by atoms with E-state index < -0.39 is 16.1 Å². The van der Waals surface area contributed by atoms with Crippen LogP contribution in [0.4, 0.5) is 0 Å². The fourth-order valence-electron chi connectivity index (χ4n) is 2.03. The lowest BCUT2D eigenvalue weighted by Gasteiger charge is -2.14. The van der Waals surface area contributed by atoms with Gasteiger partial charge in [-0.15, -0.1) is 0 Å². The average molecular weight is 300 g/mol. The number of nitrogens with one attached hydrogen (secondary N) is 1. The van der Waals surface area contributed by atoms with Crippen molar-refractivity contribution in [1.29, 1.82) is 5.26 Å². The maximum Gasteiger partial charge on any atom is 0.242 e. The molecule has 0 saturated carbocycles. The number of aryl methyl sites for hydroxylation is 2. The normalized spacial score (nSPS) is 12.6. The summed E-state index contributed by atoms with van der Waals surface area (Å²) >= 11 is 0. The highest BCUT2D eigenvalue weighted by Crippen LogP contribution is 2.20. The van der Waals surface area contributed by atoms with Crippen LogP contribution in [0.5, 0.6) is 0 Å². The highest BCUT2D eigenvalue weighted by Gasteiger charge is 2.22. The van der Waals surface area contributed by atoms with Gasteiger partial charge in [0.2, 0.25) is 10.0 Å². The van der Waals surface area contributed by atoms with Crippen molar-refractivity contribution in [3.05, 3.63) is 65.2 Å². The quantitative estimate of drug-likeness (QED) is 0.944. The first-order chi connectivity index (χ1) is 9.94. The first kappa shape index (κ1) is 15.2. The van der Waals surface area contributed by atoms with Crippen molar-refractivity contribution in [2.75, 3.05) is 0 Å². The molecule has 1 N–H and O–H groups in total. The summed E-state index contributed by atoms with van der Waals surface area (Å²) in [7, 11) is -3.75. The number of hydrogen-bond donors (Lipinski definition) is 1. The molecule has 1 atom stereocenters. The zero-order valence-corrected chi connectivity index (χ0v) is 12.7. The summed E-state index contributed by atoms with van der Waals surface area (Å²) < 4.78 is 27.4. The van der Waals surface area contributed by atoms with E-state index in [1.54, 1.807) is 43.3 Å². The van der Waals surface area contributed by atoms with Crippen LogP contribution in [0.25, 0.3) is 0 Å². The summed E-state index contributed by atoms with van der Waals surface area (Å²) in [4.78, 5) is 0.207. The van der Waals surface area contributed by atoms with Crippen molar-refractivity contribution in [1.82, 2.24) is 4.72 Å². The molecule has 0 spiro atoms. The van der Waals surface area contributed by atoms with E-state index in [-0.39, 0.29) is 4.90 Å². The van der Waals surface area contributed by atoms with E-state index >= 15 is 0 Å². The molecule has 0 bridgehead atoms. The summed E-state index contributed by atoms with van der Waals surface area (Å²) in [5.74, 6) is 0. The Balaban J connectivity index is 2.37. The van der Waals surface area contributed by atoms with E-state index in [4.69, 9.17) is 0 Å². The summed E-state index contributed by atoms with van der Waals surface area (Å²) in [6, 6.07) is 15.1. The minimum atomic E-state index is -3.75. The van der Waals surface area contributed by atoms with Crippen LogP contribution in [0.2, 0.25) is 0 Å². The van der Waals surface area contributed by atoms with Crippen LogP contribution in [-0.4, -0.2) is 8.42 Å². The molecule has 4 nitrogen and oxygen atoms in total. The highest BCUT2D eigenvalue weighted by atomic mass is 32.2. The van der Waals surface area contributed by atoms with Gasteiger partial charge in [-0.3, -0.25) is 0 Å². The lowest BCUT2D eigenvalue weighted by Crippen LogP contribution is -2.28. The Bertz CT molecular complexity index is 778. The molecule has 2 rings (SSSR count). The van der Waals surface area contributed by atoms with Crippen LogP contribution in [-0.2, 0) is 10.0 Å². The minimum absolute atomic E-state index is 0.207. The maximum absolute atomic E-state index is 12.5. The van der Waals surface area contributed by atoms with Crippen molar-refractivity contribution >= 4 is 10.0 Å². The molecule has 2 aromatic rings. The number of nitriles is 1. The fourth-order valence-corrected chi connectivity index (χ4v) is 3.49. The summed E-state index contributed by atoms with van der Waals surface area (Å²) in [5.41, 5.74) is 2.13. The molecular formula is C16H16N2O2S. The third-order valence-corrected chi connectivity index (χ3v) is 4.73. The number of nitrogens with zero attached hydrogens (tertiary/aromatic N) is 1. The Morgan fingerprint density at radius 2 is 1.76 bits per heavy atom. The van der Waals surface area contributed by atoms with Crippen molar-refractivity contribution < 1.29 is 8.42 Å². The molecule has 21 heavy (non-hydrogen) atoms. The smallest absolute Gasteiger partial charge is 0.207 e. The van der Waals surface area contributed by atoms with E-state index in [9.17, 15) is 13.7 Å². The Kier molecular flexibility index (Phi) is 4.41. The zero-order valence-electron chi connectivity index (χ0n) is 11.9. The molecule has 0 aromatic heterocycles. The molecule has 0 heterocycles. The van der Waals surface area contributed by atoms with Gasteiger partial charge < -0.3 is 0 Å². The standard InChI is InChI=1S/C16H16N2O2S/c1-12-8-9-13(2)16(10-12)21(19,20)18-15(11-17)14-6-4-3-5-7-14/h3-10,15,18H,1-2H3. The number of rotatable bonds is 4. The second kappa shape index (κ2) is 6.08. The first-order valence-corrected chi connectivity index (χ1v) is 7.96. The molecule has 0 aliphatic carbocycles. The molecule has 0 saturated heterocycles. The molecule has 0 aliphatic rings.